The minimum Gasteiger partial charge on any atom is -0.484 e. The quantitative estimate of drug-likeness (QED) is 0.586. The summed E-state index contributed by atoms with van der Waals surface area (Å²) >= 11 is 1.90. The fourth-order valence-electron chi connectivity index (χ4n) is 1.87. The molecule has 2 unspecified atom stereocenters. The Morgan fingerprint density at radius 2 is 1.79 bits per heavy atom. The number of ether oxygens (including phenoxy) is 1. The van der Waals surface area contributed by atoms with Crippen molar-refractivity contribution in [3.05, 3.63) is 59.3 Å². The molecule has 2 atom stereocenters. The second-order valence-electron chi connectivity index (χ2n) is 3.70. The van der Waals surface area contributed by atoms with E-state index in [0.717, 1.165) is 12.2 Å². The maximum Gasteiger partial charge on any atom is 0.133 e. The van der Waals surface area contributed by atoms with Gasteiger partial charge >= 0.3 is 0 Å². The van der Waals surface area contributed by atoms with Crippen LogP contribution in [0.3, 0.4) is 0 Å². The van der Waals surface area contributed by atoms with E-state index in [9.17, 15) is 0 Å². The highest BCUT2D eigenvalue weighted by molar-refractivity contribution is 8.04. The standard InChI is InChI=1S/C13H12OS.2C2H6/c1-2-6-10-12(8-3-1)15-13-9-5-4-7-11(13)14-10;2*1-2/h1-2,4-9,11,13H,3H2;2*1-2H3. The Balaban J connectivity index is 0.000000415. The number of rotatable bonds is 0. The van der Waals surface area contributed by atoms with Gasteiger partial charge in [0.2, 0.25) is 0 Å². The van der Waals surface area contributed by atoms with E-state index in [1.807, 2.05) is 39.5 Å². The van der Waals surface area contributed by atoms with E-state index in [1.54, 1.807) is 0 Å². The predicted octanol–water partition coefficient (Wildman–Crippen LogP) is 5.39. The van der Waals surface area contributed by atoms with Gasteiger partial charge in [0.1, 0.15) is 11.9 Å². The largest absolute Gasteiger partial charge is 0.484 e. The highest BCUT2D eigenvalue weighted by atomic mass is 32.2. The molecule has 1 nitrogen and oxygen atoms in total. The van der Waals surface area contributed by atoms with Gasteiger partial charge < -0.3 is 4.74 Å². The number of thioether (sulfide) groups is 1. The fraction of sp³-hybridized carbons (Fsp3) is 0.412. The molecule has 0 aromatic heterocycles. The molecular weight excluding hydrogens is 252 g/mol. The highest BCUT2D eigenvalue weighted by Crippen LogP contribution is 2.41. The van der Waals surface area contributed by atoms with Crippen molar-refractivity contribution < 1.29 is 4.74 Å². The van der Waals surface area contributed by atoms with E-state index in [1.165, 1.54) is 4.91 Å². The molecule has 1 saturated heterocycles. The van der Waals surface area contributed by atoms with Gasteiger partial charge in [-0.25, -0.2) is 0 Å². The second kappa shape index (κ2) is 8.87. The molecule has 104 valence electrons. The van der Waals surface area contributed by atoms with Gasteiger partial charge in [0, 0.05) is 4.91 Å². The van der Waals surface area contributed by atoms with E-state index in [0.29, 0.717) is 5.25 Å². The molecule has 1 fully saturated rings. The van der Waals surface area contributed by atoms with Crippen LogP contribution in [0.25, 0.3) is 0 Å². The van der Waals surface area contributed by atoms with Gasteiger partial charge in [0.15, 0.2) is 0 Å². The number of fused-ring (bicyclic) bond motifs is 2. The van der Waals surface area contributed by atoms with Crippen molar-refractivity contribution in [2.24, 2.45) is 0 Å². The van der Waals surface area contributed by atoms with Crippen LogP contribution in [0.15, 0.2) is 59.3 Å². The van der Waals surface area contributed by atoms with E-state index in [-0.39, 0.29) is 6.10 Å². The Hall–Kier alpha value is -1.15. The zero-order chi connectivity index (χ0) is 14.1. The van der Waals surface area contributed by atoms with Crippen molar-refractivity contribution in [1.82, 2.24) is 0 Å². The first kappa shape index (κ1) is 15.9. The zero-order valence-electron chi connectivity index (χ0n) is 12.3. The summed E-state index contributed by atoms with van der Waals surface area (Å²) in [6.45, 7) is 8.00. The first-order valence-electron chi connectivity index (χ1n) is 7.19. The molecule has 0 saturated carbocycles. The average molecular weight is 276 g/mol. The summed E-state index contributed by atoms with van der Waals surface area (Å²) in [7, 11) is 0. The molecule has 0 aromatic carbocycles. The normalized spacial score (nSPS) is 25.9. The van der Waals surface area contributed by atoms with Gasteiger partial charge in [-0.3, -0.25) is 0 Å². The SMILES string of the molecule is C1=CCC=C2SC3C=CC=CC3OC2=C1.CC.CC. The Kier molecular flexibility index (Phi) is 7.42. The molecule has 2 heteroatoms. The van der Waals surface area contributed by atoms with Crippen molar-refractivity contribution in [2.45, 2.75) is 45.5 Å². The molecule has 3 aliphatic rings. The second-order valence-corrected chi connectivity index (χ2v) is 4.92. The van der Waals surface area contributed by atoms with Crippen LogP contribution in [0.1, 0.15) is 34.1 Å². The van der Waals surface area contributed by atoms with Gasteiger partial charge in [-0.15, -0.1) is 11.8 Å². The first-order chi connectivity index (χ1) is 9.43. The Morgan fingerprint density at radius 1 is 1.05 bits per heavy atom. The molecule has 0 aromatic rings. The fourth-order valence-corrected chi connectivity index (χ4v) is 3.04. The molecular formula is C17H24OS. The lowest BCUT2D eigenvalue weighted by molar-refractivity contribution is 0.164. The van der Waals surface area contributed by atoms with E-state index >= 15 is 0 Å². The minimum atomic E-state index is 0.204. The monoisotopic (exact) mass is 276 g/mol. The van der Waals surface area contributed by atoms with Crippen molar-refractivity contribution in [2.75, 3.05) is 0 Å². The van der Waals surface area contributed by atoms with Gasteiger partial charge in [-0.1, -0.05) is 64.2 Å². The molecule has 3 rings (SSSR count). The zero-order valence-corrected chi connectivity index (χ0v) is 13.1. The van der Waals surface area contributed by atoms with Crippen molar-refractivity contribution >= 4 is 11.8 Å². The molecule has 0 bridgehead atoms. The van der Waals surface area contributed by atoms with Crippen LogP contribution in [-0.4, -0.2) is 11.4 Å². The van der Waals surface area contributed by atoms with Crippen molar-refractivity contribution in [1.29, 1.82) is 0 Å². The molecule has 0 radical (unpaired) electrons. The van der Waals surface area contributed by atoms with Gasteiger partial charge in [0.05, 0.1) is 5.25 Å². The summed E-state index contributed by atoms with van der Waals surface area (Å²) in [4.78, 5) is 1.28. The van der Waals surface area contributed by atoms with Crippen molar-refractivity contribution in [3.63, 3.8) is 0 Å². The number of hydrogen-bond donors (Lipinski definition) is 0. The maximum atomic E-state index is 5.96. The Bertz CT molecular complexity index is 413. The van der Waals surface area contributed by atoms with Gasteiger partial charge in [-0.05, 0) is 18.6 Å². The Labute approximate surface area is 121 Å². The topological polar surface area (TPSA) is 9.23 Å². The van der Waals surface area contributed by atoms with Crippen LogP contribution in [0.5, 0.6) is 0 Å². The molecule has 0 N–H and O–H groups in total. The number of allylic oxidation sites excluding steroid dienone is 6. The highest BCUT2D eigenvalue weighted by Gasteiger charge is 2.30. The van der Waals surface area contributed by atoms with Crippen LogP contribution in [0, 0.1) is 0 Å². The van der Waals surface area contributed by atoms with E-state index in [2.05, 4.69) is 48.6 Å². The summed E-state index contributed by atoms with van der Waals surface area (Å²) in [6.07, 6.45) is 18.2. The molecule has 0 spiro atoms. The molecule has 1 aliphatic heterocycles. The van der Waals surface area contributed by atoms with E-state index in [4.69, 9.17) is 4.74 Å². The molecule has 19 heavy (non-hydrogen) atoms. The predicted molar refractivity (Wildman–Crippen MR) is 87.2 cm³/mol. The van der Waals surface area contributed by atoms with Crippen LogP contribution >= 0.6 is 11.8 Å². The first-order valence-corrected chi connectivity index (χ1v) is 8.07. The third-order valence-electron chi connectivity index (χ3n) is 2.63. The average Bonchev–Trinajstić information content (AvgIpc) is 2.74. The summed E-state index contributed by atoms with van der Waals surface area (Å²) in [6, 6.07) is 0. The summed E-state index contributed by atoms with van der Waals surface area (Å²) in [5.74, 6) is 1.02. The summed E-state index contributed by atoms with van der Waals surface area (Å²) in [5.41, 5.74) is 0. The third kappa shape index (κ3) is 4.17. The minimum absolute atomic E-state index is 0.204. The van der Waals surface area contributed by atoms with E-state index < -0.39 is 0 Å². The Morgan fingerprint density at radius 3 is 2.58 bits per heavy atom. The summed E-state index contributed by atoms with van der Waals surface area (Å²) in [5, 5.41) is 0.441. The molecule has 0 amide bonds. The third-order valence-corrected chi connectivity index (χ3v) is 3.95. The molecule has 2 aliphatic carbocycles. The van der Waals surface area contributed by atoms with Crippen molar-refractivity contribution in [3.8, 4) is 0 Å². The lowest BCUT2D eigenvalue weighted by atomic mass is 10.1. The lowest BCUT2D eigenvalue weighted by Crippen LogP contribution is -2.28. The van der Waals surface area contributed by atoms with Gasteiger partial charge in [0.25, 0.3) is 0 Å². The van der Waals surface area contributed by atoms with Crippen LogP contribution in [0.4, 0.5) is 0 Å². The van der Waals surface area contributed by atoms with Gasteiger partial charge in [-0.2, -0.15) is 0 Å². The summed E-state index contributed by atoms with van der Waals surface area (Å²) < 4.78 is 5.96. The van der Waals surface area contributed by atoms with Crippen LogP contribution in [0.2, 0.25) is 0 Å². The number of hydrogen-bond acceptors (Lipinski definition) is 2. The maximum absolute atomic E-state index is 5.96. The van der Waals surface area contributed by atoms with Crippen LogP contribution in [-0.2, 0) is 4.74 Å². The van der Waals surface area contributed by atoms with Crippen LogP contribution < -0.4 is 0 Å². The molecule has 1 heterocycles. The lowest BCUT2D eigenvalue weighted by Gasteiger charge is -2.32. The smallest absolute Gasteiger partial charge is 0.133 e.